The summed E-state index contributed by atoms with van der Waals surface area (Å²) in [6.07, 6.45) is 1.73. The van der Waals surface area contributed by atoms with Crippen LogP contribution in [0.5, 0.6) is 0 Å². The number of aryl methyl sites for hydroxylation is 1. The van der Waals surface area contributed by atoms with E-state index in [1.165, 1.54) is 11.3 Å². The number of aromatic nitrogens is 2. The Labute approximate surface area is 113 Å². The van der Waals surface area contributed by atoms with Crippen LogP contribution >= 0.6 is 11.3 Å². The highest BCUT2D eigenvalue weighted by molar-refractivity contribution is 7.17. The Morgan fingerprint density at radius 3 is 2.79 bits per heavy atom. The maximum absolute atomic E-state index is 11.1. The minimum atomic E-state index is -0.936. The number of carbonyl (C=O) groups is 1. The van der Waals surface area contributed by atoms with Crippen LogP contribution in [0, 0.1) is 6.92 Å². The van der Waals surface area contributed by atoms with E-state index in [4.69, 9.17) is 5.11 Å². The fraction of sp³-hybridized carbons (Fsp3) is 0.0714. The zero-order valence-corrected chi connectivity index (χ0v) is 10.9. The summed E-state index contributed by atoms with van der Waals surface area (Å²) in [7, 11) is 0. The molecule has 2 aromatic heterocycles. The van der Waals surface area contributed by atoms with E-state index in [1.54, 1.807) is 13.1 Å². The average molecular weight is 270 g/mol. The number of fused-ring (bicyclic) bond motifs is 1. The summed E-state index contributed by atoms with van der Waals surface area (Å²) in [5.41, 5.74) is 2.26. The van der Waals surface area contributed by atoms with Crippen molar-refractivity contribution in [1.29, 1.82) is 0 Å². The van der Waals surface area contributed by atoms with Gasteiger partial charge in [0.2, 0.25) is 0 Å². The number of hydrogen-bond donors (Lipinski definition) is 1. The second-order valence-corrected chi connectivity index (χ2v) is 5.12. The van der Waals surface area contributed by atoms with Crippen molar-refractivity contribution in [3.63, 3.8) is 0 Å². The predicted octanol–water partition coefficient (Wildman–Crippen LogP) is 3.36. The lowest BCUT2D eigenvalue weighted by Crippen LogP contribution is -1.94. The van der Waals surface area contributed by atoms with Crippen molar-refractivity contribution in [2.24, 2.45) is 0 Å². The van der Waals surface area contributed by atoms with Crippen molar-refractivity contribution in [1.82, 2.24) is 9.97 Å². The van der Waals surface area contributed by atoms with E-state index in [9.17, 15) is 4.79 Å². The molecule has 2 heterocycles. The van der Waals surface area contributed by atoms with Gasteiger partial charge in [-0.2, -0.15) is 0 Å². The first-order chi connectivity index (χ1) is 9.16. The Bertz CT molecular complexity index is 775. The van der Waals surface area contributed by atoms with Crippen molar-refractivity contribution < 1.29 is 9.90 Å². The van der Waals surface area contributed by atoms with Crippen LogP contribution in [0.15, 0.2) is 36.5 Å². The molecule has 0 aliphatic rings. The first-order valence-corrected chi connectivity index (χ1v) is 6.53. The van der Waals surface area contributed by atoms with E-state index in [2.05, 4.69) is 9.97 Å². The molecule has 0 amide bonds. The molecule has 1 N–H and O–H groups in total. The Balaban J connectivity index is 2.25. The van der Waals surface area contributed by atoms with Crippen LogP contribution in [-0.4, -0.2) is 21.0 Å². The molecule has 0 spiro atoms. The van der Waals surface area contributed by atoms with Gasteiger partial charge in [0.15, 0.2) is 0 Å². The van der Waals surface area contributed by atoms with E-state index < -0.39 is 5.97 Å². The molecule has 0 saturated heterocycles. The number of carboxylic acids is 1. The summed E-state index contributed by atoms with van der Waals surface area (Å²) in [5, 5.41) is 10.8. The van der Waals surface area contributed by atoms with E-state index in [0.717, 1.165) is 16.5 Å². The maximum atomic E-state index is 11.1. The summed E-state index contributed by atoms with van der Waals surface area (Å²) < 4.78 is 0. The molecule has 0 aliphatic heterocycles. The average Bonchev–Trinajstić information content (AvgIpc) is 2.80. The molecule has 0 unspecified atom stereocenters. The van der Waals surface area contributed by atoms with Gasteiger partial charge in [-0.15, -0.1) is 11.3 Å². The summed E-state index contributed by atoms with van der Waals surface area (Å²) >= 11 is 1.18. The maximum Gasteiger partial charge on any atom is 0.347 e. The molecular weight excluding hydrogens is 260 g/mol. The number of para-hydroxylation sites is 1. The lowest BCUT2D eigenvalue weighted by Gasteiger charge is -2.01. The fourth-order valence-corrected chi connectivity index (χ4v) is 2.92. The van der Waals surface area contributed by atoms with Crippen LogP contribution in [0.3, 0.4) is 0 Å². The molecule has 3 rings (SSSR count). The normalized spacial score (nSPS) is 10.8. The summed E-state index contributed by atoms with van der Waals surface area (Å²) in [4.78, 5) is 20.1. The van der Waals surface area contributed by atoms with Crippen LogP contribution in [0.25, 0.3) is 21.5 Å². The van der Waals surface area contributed by atoms with Crippen molar-refractivity contribution in [2.75, 3.05) is 0 Å². The highest BCUT2D eigenvalue weighted by Crippen LogP contribution is 2.32. The Morgan fingerprint density at radius 1 is 1.26 bits per heavy atom. The second-order valence-electron chi connectivity index (χ2n) is 4.12. The summed E-state index contributed by atoms with van der Waals surface area (Å²) in [5.74, 6) is -0.936. The number of carboxylic acid groups (broad SMARTS) is 1. The fourth-order valence-electron chi connectivity index (χ4n) is 1.99. The van der Waals surface area contributed by atoms with Crippen molar-refractivity contribution in [3.8, 4) is 10.6 Å². The third-order valence-electron chi connectivity index (χ3n) is 2.85. The predicted molar refractivity (Wildman–Crippen MR) is 74.5 cm³/mol. The molecule has 19 heavy (non-hydrogen) atoms. The van der Waals surface area contributed by atoms with Gasteiger partial charge in [-0.1, -0.05) is 18.2 Å². The largest absolute Gasteiger partial charge is 0.477 e. The number of nitrogens with zero attached hydrogens (tertiary/aromatic N) is 2. The number of benzene rings is 1. The lowest BCUT2D eigenvalue weighted by molar-refractivity contribution is 0.0701. The van der Waals surface area contributed by atoms with Gasteiger partial charge in [-0.05, 0) is 19.1 Å². The number of aromatic carboxylic acids is 1. The second kappa shape index (κ2) is 4.44. The zero-order chi connectivity index (χ0) is 13.4. The van der Waals surface area contributed by atoms with E-state index >= 15 is 0 Å². The van der Waals surface area contributed by atoms with Crippen LogP contribution in [0.2, 0.25) is 0 Å². The molecule has 0 atom stereocenters. The highest BCUT2D eigenvalue weighted by atomic mass is 32.1. The van der Waals surface area contributed by atoms with Gasteiger partial charge in [0.1, 0.15) is 9.88 Å². The third kappa shape index (κ3) is 1.98. The molecule has 5 heteroatoms. The van der Waals surface area contributed by atoms with E-state index in [1.807, 2.05) is 30.3 Å². The topological polar surface area (TPSA) is 63.1 Å². The third-order valence-corrected chi connectivity index (χ3v) is 4.03. The quantitative estimate of drug-likeness (QED) is 0.775. The number of rotatable bonds is 2. The van der Waals surface area contributed by atoms with Gasteiger partial charge in [0, 0.05) is 17.1 Å². The highest BCUT2D eigenvalue weighted by Gasteiger charge is 2.16. The first kappa shape index (κ1) is 11.8. The molecule has 3 aromatic rings. The zero-order valence-electron chi connectivity index (χ0n) is 10.1. The lowest BCUT2D eigenvalue weighted by atomic mass is 10.1. The van der Waals surface area contributed by atoms with Gasteiger partial charge in [0.05, 0.1) is 11.2 Å². The molecule has 0 saturated carbocycles. The minimum absolute atomic E-state index is 0.280. The van der Waals surface area contributed by atoms with Gasteiger partial charge in [-0.25, -0.2) is 9.78 Å². The number of pyridine rings is 1. The smallest absolute Gasteiger partial charge is 0.347 e. The van der Waals surface area contributed by atoms with Gasteiger partial charge >= 0.3 is 5.97 Å². The van der Waals surface area contributed by atoms with Gasteiger partial charge < -0.3 is 5.11 Å². The number of thiazole rings is 1. The van der Waals surface area contributed by atoms with E-state index in [0.29, 0.717) is 10.7 Å². The first-order valence-electron chi connectivity index (χ1n) is 5.71. The molecule has 1 aromatic carbocycles. The van der Waals surface area contributed by atoms with Crippen LogP contribution in [0.4, 0.5) is 0 Å². The van der Waals surface area contributed by atoms with Gasteiger partial charge in [0.25, 0.3) is 0 Å². The van der Waals surface area contributed by atoms with Crippen LogP contribution in [-0.2, 0) is 0 Å². The minimum Gasteiger partial charge on any atom is -0.477 e. The molecular formula is C14H10N2O2S. The number of hydrogen-bond acceptors (Lipinski definition) is 4. The Kier molecular flexibility index (Phi) is 2.76. The standard InChI is InChI=1S/C14H10N2O2S/c1-8-12(14(17)18)19-13(16-8)10-6-2-4-9-5-3-7-15-11(9)10/h2-7H,1H3,(H,17,18). The van der Waals surface area contributed by atoms with Gasteiger partial charge in [-0.3, -0.25) is 4.98 Å². The molecule has 0 aliphatic carbocycles. The van der Waals surface area contributed by atoms with E-state index in [-0.39, 0.29) is 4.88 Å². The Hall–Kier alpha value is -2.27. The molecule has 94 valence electrons. The summed E-state index contributed by atoms with van der Waals surface area (Å²) in [6.45, 7) is 1.71. The molecule has 4 nitrogen and oxygen atoms in total. The molecule has 0 radical (unpaired) electrons. The molecule has 0 bridgehead atoms. The SMILES string of the molecule is Cc1nc(-c2cccc3cccnc23)sc1C(=O)O. The van der Waals surface area contributed by atoms with Crippen LogP contribution in [0.1, 0.15) is 15.4 Å². The Morgan fingerprint density at radius 2 is 2.05 bits per heavy atom. The van der Waals surface area contributed by atoms with Crippen LogP contribution < -0.4 is 0 Å². The van der Waals surface area contributed by atoms with Crippen molar-refractivity contribution >= 4 is 28.2 Å². The molecule has 0 fully saturated rings. The summed E-state index contributed by atoms with van der Waals surface area (Å²) in [6, 6.07) is 9.67. The van der Waals surface area contributed by atoms with Crippen molar-refractivity contribution in [3.05, 3.63) is 47.1 Å². The van der Waals surface area contributed by atoms with Crippen molar-refractivity contribution in [2.45, 2.75) is 6.92 Å². The monoisotopic (exact) mass is 270 g/mol.